The molecule has 1 aliphatic rings. The summed E-state index contributed by atoms with van der Waals surface area (Å²) in [6, 6.07) is 7.80. The lowest BCUT2D eigenvalue weighted by molar-refractivity contribution is 0.0914. The van der Waals surface area contributed by atoms with E-state index in [1.54, 1.807) is 17.1 Å². The summed E-state index contributed by atoms with van der Waals surface area (Å²) in [4.78, 5) is 12.4. The fourth-order valence-electron chi connectivity index (χ4n) is 3.13. The van der Waals surface area contributed by atoms with Gasteiger partial charge in [0, 0.05) is 23.9 Å². The van der Waals surface area contributed by atoms with E-state index in [4.69, 9.17) is 11.6 Å². The molecule has 1 amide bonds. The van der Waals surface area contributed by atoms with Crippen molar-refractivity contribution in [2.24, 2.45) is 5.92 Å². The smallest absolute Gasteiger partial charge is 0.254 e. The molecule has 1 fully saturated rings. The fraction of sp³-hybridized carbons (Fsp3) is 0.444. The van der Waals surface area contributed by atoms with Crippen molar-refractivity contribution in [1.82, 2.24) is 15.1 Å². The Morgan fingerprint density at radius 1 is 1.29 bits per heavy atom. The lowest BCUT2D eigenvalue weighted by Crippen LogP contribution is -2.37. The molecule has 0 aliphatic heterocycles. The quantitative estimate of drug-likeness (QED) is 0.874. The zero-order valence-corrected chi connectivity index (χ0v) is 14.2. The van der Waals surface area contributed by atoms with Gasteiger partial charge in [0.05, 0.1) is 18.3 Å². The Balaban J connectivity index is 1.57. The molecule has 2 aromatic rings. The monoisotopic (exact) mass is 347 g/mol. The van der Waals surface area contributed by atoms with Gasteiger partial charge in [-0.2, -0.15) is 5.10 Å². The number of benzene rings is 1. The van der Waals surface area contributed by atoms with E-state index in [0.29, 0.717) is 23.0 Å². The highest BCUT2D eigenvalue weighted by Gasteiger charge is 2.22. The number of carbonyl (C=O) groups excluding carboxylic acids is 1. The predicted molar refractivity (Wildman–Crippen MR) is 93.1 cm³/mol. The molecule has 0 bridgehead atoms. The highest BCUT2D eigenvalue weighted by atomic mass is 35.5. The summed E-state index contributed by atoms with van der Waals surface area (Å²) >= 11 is 6.16. The third-order valence-corrected chi connectivity index (χ3v) is 4.99. The number of carbonyl (C=O) groups is 1. The number of aliphatic hydroxyl groups excluding tert-OH is 1. The summed E-state index contributed by atoms with van der Waals surface area (Å²) in [6.07, 6.45) is 7.11. The van der Waals surface area contributed by atoms with Gasteiger partial charge >= 0.3 is 0 Å². The summed E-state index contributed by atoms with van der Waals surface area (Å²) in [6.45, 7) is 0.782. The van der Waals surface area contributed by atoms with Crippen molar-refractivity contribution < 1.29 is 9.90 Å². The molecule has 0 atom stereocenters. The van der Waals surface area contributed by atoms with E-state index in [-0.39, 0.29) is 18.6 Å². The van der Waals surface area contributed by atoms with E-state index >= 15 is 0 Å². The first-order valence-corrected chi connectivity index (χ1v) is 8.71. The molecule has 1 heterocycles. The maximum atomic E-state index is 12.4. The number of hydrogen-bond donors (Lipinski definition) is 2. The predicted octanol–water partition coefficient (Wildman–Crippen LogP) is 2.87. The topological polar surface area (TPSA) is 67.2 Å². The standard InChI is InChI=1S/C18H22ClN3O2/c19-17-4-2-1-3-14(17)10-22-11-15(9-20-22)18(24)21-16-7-5-13(12-23)6-8-16/h1-4,9,11,13,16,23H,5-8,10,12H2,(H,21,24). The Kier molecular flexibility index (Phi) is 5.53. The van der Waals surface area contributed by atoms with Gasteiger partial charge in [0.1, 0.15) is 0 Å². The van der Waals surface area contributed by atoms with Crippen molar-refractivity contribution in [3.8, 4) is 0 Å². The molecule has 1 aromatic carbocycles. The molecular formula is C18H22ClN3O2. The number of aromatic nitrogens is 2. The van der Waals surface area contributed by atoms with Gasteiger partial charge in [-0.25, -0.2) is 0 Å². The summed E-state index contributed by atoms with van der Waals surface area (Å²) in [7, 11) is 0. The average Bonchev–Trinajstić information content (AvgIpc) is 3.06. The van der Waals surface area contributed by atoms with E-state index in [2.05, 4.69) is 10.4 Å². The zero-order chi connectivity index (χ0) is 16.9. The number of nitrogens with one attached hydrogen (secondary N) is 1. The molecule has 0 unspecified atom stereocenters. The first kappa shape index (κ1) is 17.0. The third kappa shape index (κ3) is 4.16. The number of amides is 1. The highest BCUT2D eigenvalue weighted by Crippen LogP contribution is 2.24. The Morgan fingerprint density at radius 3 is 2.75 bits per heavy atom. The van der Waals surface area contributed by atoms with E-state index in [1.807, 2.05) is 24.3 Å². The van der Waals surface area contributed by atoms with Gasteiger partial charge in [0.15, 0.2) is 0 Å². The Bertz CT molecular complexity index is 693. The second-order valence-electron chi connectivity index (χ2n) is 6.39. The molecule has 3 rings (SSSR count). The minimum absolute atomic E-state index is 0.0899. The first-order chi connectivity index (χ1) is 11.7. The molecule has 128 valence electrons. The van der Waals surface area contributed by atoms with Crippen LogP contribution in [0.5, 0.6) is 0 Å². The van der Waals surface area contributed by atoms with E-state index in [9.17, 15) is 9.90 Å². The average molecular weight is 348 g/mol. The van der Waals surface area contributed by atoms with Crippen LogP contribution in [0, 0.1) is 5.92 Å². The minimum atomic E-state index is -0.0899. The largest absolute Gasteiger partial charge is 0.396 e. The number of halogens is 1. The van der Waals surface area contributed by atoms with Crippen LogP contribution in [0.3, 0.4) is 0 Å². The van der Waals surface area contributed by atoms with Gasteiger partial charge in [-0.05, 0) is 43.2 Å². The lowest BCUT2D eigenvalue weighted by atomic mass is 9.86. The number of hydrogen-bond acceptors (Lipinski definition) is 3. The van der Waals surface area contributed by atoms with Gasteiger partial charge in [0.25, 0.3) is 5.91 Å². The van der Waals surface area contributed by atoms with Crippen LogP contribution in [-0.2, 0) is 6.54 Å². The zero-order valence-electron chi connectivity index (χ0n) is 13.5. The highest BCUT2D eigenvalue weighted by molar-refractivity contribution is 6.31. The van der Waals surface area contributed by atoms with E-state index < -0.39 is 0 Å². The van der Waals surface area contributed by atoms with E-state index in [1.165, 1.54) is 0 Å². The van der Waals surface area contributed by atoms with Gasteiger partial charge in [-0.15, -0.1) is 0 Å². The SMILES string of the molecule is O=C(NC1CCC(CO)CC1)c1cnn(Cc2ccccc2Cl)c1. The van der Waals surface area contributed by atoms with Gasteiger partial charge in [-0.3, -0.25) is 9.48 Å². The molecule has 24 heavy (non-hydrogen) atoms. The van der Waals surface area contributed by atoms with Crippen LogP contribution in [0.25, 0.3) is 0 Å². The second kappa shape index (κ2) is 7.81. The Hall–Kier alpha value is -1.85. The maximum Gasteiger partial charge on any atom is 0.254 e. The van der Waals surface area contributed by atoms with Crippen molar-refractivity contribution in [3.05, 3.63) is 52.8 Å². The maximum absolute atomic E-state index is 12.4. The van der Waals surface area contributed by atoms with Crippen LogP contribution >= 0.6 is 11.6 Å². The molecule has 6 heteroatoms. The van der Waals surface area contributed by atoms with Crippen LogP contribution in [0.15, 0.2) is 36.7 Å². The molecule has 5 nitrogen and oxygen atoms in total. The van der Waals surface area contributed by atoms with Crippen LogP contribution in [0.1, 0.15) is 41.6 Å². The fourth-order valence-corrected chi connectivity index (χ4v) is 3.32. The number of nitrogens with zero attached hydrogens (tertiary/aromatic N) is 2. The lowest BCUT2D eigenvalue weighted by Gasteiger charge is -2.27. The summed E-state index contributed by atoms with van der Waals surface area (Å²) in [5.74, 6) is 0.296. The van der Waals surface area contributed by atoms with Crippen LogP contribution in [0.4, 0.5) is 0 Å². The van der Waals surface area contributed by atoms with Crippen molar-refractivity contribution in [2.45, 2.75) is 38.3 Å². The molecule has 0 spiro atoms. The molecule has 0 saturated heterocycles. The molecule has 1 aliphatic carbocycles. The summed E-state index contributed by atoms with van der Waals surface area (Å²) in [5, 5.41) is 17.2. The van der Waals surface area contributed by atoms with Gasteiger partial charge < -0.3 is 10.4 Å². The molecule has 2 N–H and O–H groups in total. The van der Waals surface area contributed by atoms with Crippen LogP contribution in [-0.4, -0.2) is 33.4 Å². The minimum Gasteiger partial charge on any atom is -0.396 e. The Morgan fingerprint density at radius 2 is 2.04 bits per heavy atom. The van der Waals surface area contributed by atoms with Crippen molar-refractivity contribution >= 4 is 17.5 Å². The molecule has 0 radical (unpaired) electrons. The molecule has 1 saturated carbocycles. The number of aliphatic hydroxyl groups is 1. The second-order valence-corrected chi connectivity index (χ2v) is 6.80. The van der Waals surface area contributed by atoms with Crippen LogP contribution < -0.4 is 5.32 Å². The summed E-state index contributed by atoms with van der Waals surface area (Å²) in [5.41, 5.74) is 1.53. The normalized spacial score (nSPS) is 20.8. The Labute approximate surface area is 146 Å². The first-order valence-electron chi connectivity index (χ1n) is 8.33. The van der Waals surface area contributed by atoms with Crippen molar-refractivity contribution in [2.75, 3.05) is 6.61 Å². The van der Waals surface area contributed by atoms with E-state index in [0.717, 1.165) is 31.2 Å². The molecular weight excluding hydrogens is 326 g/mol. The number of rotatable bonds is 5. The van der Waals surface area contributed by atoms with Gasteiger partial charge in [0.2, 0.25) is 0 Å². The van der Waals surface area contributed by atoms with Crippen molar-refractivity contribution in [1.29, 1.82) is 0 Å². The molecule has 1 aromatic heterocycles. The summed E-state index contributed by atoms with van der Waals surface area (Å²) < 4.78 is 1.72. The van der Waals surface area contributed by atoms with Crippen molar-refractivity contribution in [3.63, 3.8) is 0 Å². The van der Waals surface area contributed by atoms with Gasteiger partial charge in [-0.1, -0.05) is 29.8 Å². The third-order valence-electron chi connectivity index (χ3n) is 4.63. The van der Waals surface area contributed by atoms with Crippen LogP contribution in [0.2, 0.25) is 5.02 Å².